The van der Waals surface area contributed by atoms with Crippen LogP contribution in [0.25, 0.3) is 0 Å². The number of carbonyl (C=O) groups is 2. The summed E-state index contributed by atoms with van der Waals surface area (Å²) in [5, 5.41) is 0. The van der Waals surface area contributed by atoms with E-state index in [0.717, 1.165) is 12.2 Å². The predicted octanol–water partition coefficient (Wildman–Crippen LogP) is 3.07. The molecule has 0 radical (unpaired) electrons. The molecule has 0 unspecified atom stereocenters. The fourth-order valence-electron chi connectivity index (χ4n) is 2.42. The minimum Gasteiger partial charge on any atom is -0.490 e. The first kappa shape index (κ1) is 20.3. The fraction of sp³-hybridized carbons (Fsp3) is 0.333. The molecule has 0 aromatic heterocycles. The highest BCUT2D eigenvalue weighted by molar-refractivity contribution is 5.76. The van der Waals surface area contributed by atoms with Crippen molar-refractivity contribution >= 4 is 17.6 Å². The van der Waals surface area contributed by atoms with Crippen LogP contribution in [0.3, 0.4) is 0 Å². The second-order valence-corrected chi connectivity index (χ2v) is 5.71. The highest BCUT2D eigenvalue weighted by Gasteiger charge is 2.11. The highest BCUT2D eigenvalue weighted by Crippen LogP contribution is 2.13. The summed E-state index contributed by atoms with van der Waals surface area (Å²) in [4.78, 5) is 25.5. The van der Waals surface area contributed by atoms with Crippen LogP contribution < -0.4 is 9.64 Å². The van der Waals surface area contributed by atoms with E-state index in [1.165, 1.54) is 0 Å². The van der Waals surface area contributed by atoms with Crippen molar-refractivity contribution in [3.05, 3.63) is 60.7 Å². The molecule has 6 nitrogen and oxygen atoms in total. The third-order valence-electron chi connectivity index (χ3n) is 3.80. The molecule has 0 atom stereocenters. The SMILES string of the molecule is CCN(CCC(=O)OCC(=O)OCCOc1ccccc1)c1ccccc1. The molecule has 27 heavy (non-hydrogen) atoms. The summed E-state index contributed by atoms with van der Waals surface area (Å²) < 4.78 is 15.4. The van der Waals surface area contributed by atoms with E-state index in [2.05, 4.69) is 4.90 Å². The summed E-state index contributed by atoms with van der Waals surface area (Å²) in [5.74, 6) is -0.309. The highest BCUT2D eigenvalue weighted by atomic mass is 16.6. The van der Waals surface area contributed by atoms with Gasteiger partial charge in [-0.2, -0.15) is 0 Å². The van der Waals surface area contributed by atoms with Gasteiger partial charge in [-0.3, -0.25) is 4.79 Å². The van der Waals surface area contributed by atoms with Crippen molar-refractivity contribution in [2.75, 3.05) is 37.8 Å². The van der Waals surface area contributed by atoms with E-state index >= 15 is 0 Å². The Balaban J connectivity index is 1.58. The smallest absolute Gasteiger partial charge is 0.344 e. The number of carbonyl (C=O) groups excluding carboxylic acids is 2. The summed E-state index contributed by atoms with van der Waals surface area (Å²) in [6.45, 7) is 3.28. The quantitative estimate of drug-likeness (QED) is 0.447. The second kappa shape index (κ2) is 11.6. The van der Waals surface area contributed by atoms with Crippen molar-refractivity contribution in [3.63, 3.8) is 0 Å². The Morgan fingerprint density at radius 2 is 1.52 bits per heavy atom. The van der Waals surface area contributed by atoms with Crippen LogP contribution in [0, 0.1) is 0 Å². The van der Waals surface area contributed by atoms with E-state index in [1.54, 1.807) is 0 Å². The lowest BCUT2D eigenvalue weighted by atomic mass is 10.2. The van der Waals surface area contributed by atoms with Crippen LogP contribution in [-0.4, -0.2) is 44.8 Å². The maximum absolute atomic E-state index is 11.8. The third kappa shape index (κ3) is 7.81. The molecule has 0 amide bonds. The Bertz CT molecular complexity index is 690. The molecule has 0 heterocycles. The first-order valence-electron chi connectivity index (χ1n) is 8.98. The zero-order valence-corrected chi connectivity index (χ0v) is 15.5. The van der Waals surface area contributed by atoms with E-state index in [4.69, 9.17) is 14.2 Å². The van der Waals surface area contributed by atoms with Crippen LogP contribution in [0.1, 0.15) is 13.3 Å². The molecule has 2 aromatic rings. The lowest BCUT2D eigenvalue weighted by Crippen LogP contribution is -2.27. The Kier molecular flexibility index (Phi) is 8.69. The van der Waals surface area contributed by atoms with Crippen LogP contribution in [0.5, 0.6) is 5.75 Å². The number of rotatable bonds is 11. The molecule has 144 valence electrons. The van der Waals surface area contributed by atoms with Gasteiger partial charge >= 0.3 is 11.9 Å². The zero-order valence-electron chi connectivity index (χ0n) is 15.5. The molecule has 0 saturated carbocycles. The van der Waals surface area contributed by atoms with Gasteiger partial charge in [-0.05, 0) is 31.2 Å². The van der Waals surface area contributed by atoms with Crippen LogP contribution in [0.4, 0.5) is 5.69 Å². The summed E-state index contributed by atoms with van der Waals surface area (Å²) in [5.41, 5.74) is 1.05. The van der Waals surface area contributed by atoms with E-state index < -0.39 is 11.9 Å². The van der Waals surface area contributed by atoms with Gasteiger partial charge in [-0.1, -0.05) is 36.4 Å². The lowest BCUT2D eigenvalue weighted by molar-refractivity contribution is -0.159. The van der Waals surface area contributed by atoms with Crippen LogP contribution in [0.15, 0.2) is 60.7 Å². The molecule has 0 N–H and O–H groups in total. The first-order chi connectivity index (χ1) is 13.2. The standard InChI is InChI=1S/C21H25NO5/c1-2-22(18-9-5-3-6-10-18)14-13-20(23)27-17-21(24)26-16-15-25-19-11-7-4-8-12-19/h3-12H,2,13-17H2,1H3. The monoisotopic (exact) mass is 371 g/mol. The van der Waals surface area contributed by atoms with Gasteiger partial charge in [-0.15, -0.1) is 0 Å². The van der Waals surface area contributed by atoms with E-state index in [0.29, 0.717) is 12.3 Å². The molecule has 0 aliphatic heterocycles. The topological polar surface area (TPSA) is 65.1 Å². The van der Waals surface area contributed by atoms with Gasteiger partial charge in [-0.25, -0.2) is 4.79 Å². The number of hydrogen-bond donors (Lipinski definition) is 0. The zero-order chi connectivity index (χ0) is 19.3. The van der Waals surface area contributed by atoms with Crippen LogP contribution in [-0.2, 0) is 19.1 Å². The molecule has 0 aliphatic carbocycles. The number of nitrogens with zero attached hydrogens (tertiary/aromatic N) is 1. The molecule has 6 heteroatoms. The number of esters is 2. The Labute approximate surface area is 159 Å². The molecule has 0 aliphatic rings. The van der Waals surface area contributed by atoms with Crippen molar-refractivity contribution in [1.82, 2.24) is 0 Å². The van der Waals surface area contributed by atoms with Crippen molar-refractivity contribution in [2.45, 2.75) is 13.3 Å². The molecular weight excluding hydrogens is 346 g/mol. The van der Waals surface area contributed by atoms with Crippen LogP contribution in [0.2, 0.25) is 0 Å². The minimum absolute atomic E-state index is 0.100. The molecule has 0 saturated heterocycles. The molecule has 0 spiro atoms. The molecule has 0 bridgehead atoms. The van der Waals surface area contributed by atoms with E-state index in [9.17, 15) is 9.59 Å². The van der Waals surface area contributed by atoms with Crippen molar-refractivity contribution < 1.29 is 23.8 Å². The number of hydrogen-bond acceptors (Lipinski definition) is 6. The minimum atomic E-state index is -0.588. The van der Waals surface area contributed by atoms with Gasteiger partial charge in [0.05, 0.1) is 6.42 Å². The molecule has 0 fully saturated rings. The molecular formula is C21H25NO5. The molecule has 2 rings (SSSR count). The summed E-state index contributed by atoms with van der Waals surface area (Å²) in [6.07, 6.45) is 0.202. The van der Waals surface area contributed by atoms with Crippen molar-refractivity contribution in [3.8, 4) is 5.75 Å². The summed E-state index contributed by atoms with van der Waals surface area (Å²) in [7, 11) is 0. The number of benzene rings is 2. The van der Waals surface area contributed by atoms with Gasteiger partial charge in [0.25, 0.3) is 0 Å². The van der Waals surface area contributed by atoms with E-state index in [1.807, 2.05) is 67.6 Å². The average molecular weight is 371 g/mol. The molecule has 2 aromatic carbocycles. The third-order valence-corrected chi connectivity index (χ3v) is 3.80. The van der Waals surface area contributed by atoms with Gasteiger partial charge in [0.1, 0.15) is 19.0 Å². The van der Waals surface area contributed by atoms with Gasteiger partial charge < -0.3 is 19.1 Å². The lowest BCUT2D eigenvalue weighted by Gasteiger charge is -2.22. The number of anilines is 1. The van der Waals surface area contributed by atoms with E-state index in [-0.39, 0.29) is 26.2 Å². The second-order valence-electron chi connectivity index (χ2n) is 5.71. The predicted molar refractivity (Wildman–Crippen MR) is 103 cm³/mol. The fourth-order valence-corrected chi connectivity index (χ4v) is 2.42. The van der Waals surface area contributed by atoms with Gasteiger partial charge in [0.2, 0.25) is 0 Å². The Morgan fingerprint density at radius 1 is 0.852 bits per heavy atom. The summed E-state index contributed by atoms with van der Waals surface area (Å²) in [6, 6.07) is 19.1. The average Bonchev–Trinajstić information content (AvgIpc) is 2.71. The van der Waals surface area contributed by atoms with Crippen molar-refractivity contribution in [1.29, 1.82) is 0 Å². The largest absolute Gasteiger partial charge is 0.490 e. The Hall–Kier alpha value is -3.02. The maximum Gasteiger partial charge on any atom is 0.344 e. The van der Waals surface area contributed by atoms with Gasteiger partial charge in [0.15, 0.2) is 6.61 Å². The first-order valence-corrected chi connectivity index (χ1v) is 8.98. The number of ether oxygens (including phenoxy) is 3. The normalized spacial score (nSPS) is 10.1. The van der Waals surface area contributed by atoms with Crippen molar-refractivity contribution in [2.24, 2.45) is 0 Å². The maximum atomic E-state index is 11.8. The Morgan fingerprint density at radius 3 is 2.19 bits per heavy atom. The van der Waals surface area contributed by atoms with Crippen LogP contribution >= 0.6 is 0 Å². The van der Waals surface area contributed by atoms with Gasteiger partial charge in [0, 0.05) is 18.8 Å². The summed E-state index contributed by atoms with van der Waals surface area (Å²) >= 11 is 0. The number of para-hydroxylation sites is 2.